The molecule has 18 rings (SSSR count). The van der Waals surface area contributed by atoms with E-state index in [0.29, 0.717) is 67.6 Å². The summed E-state index contributed by atoms with van der Waals surface area (Å²) in [5, 5.41) is 21.7. The Balaban J connectivity index is 0.000000149. The molecule has 0 spiro atoms. The van der Waals surface area contributed by atoms with Crippen LogP contribution in [0.3, 0.4) is 0 Å². The first kappa shape index (κ1) is 110. The number of cyclic esters (lactones) is 1. The van der Waals surface area contributed by atoms with Gasteiger partial charge in [0.2, 0.25) is 5.91 Å². The summed E-state index contributed by atoms with van der Waals surface area (Å²) in [6.45, 7) is 2.92. The standard InChI is InChI=1S/C20H15FN2O7S.C19H9Cl2I2NO5S.C15H11FO4S.C15H11N3O6S2.C12H8F2N2O6S2.C8H8FNO4S/c1-2-20(26)14-7-16-17-11(8-23(16)18(24)13(14)9-29-19(20)25)5-10-6-12(30-31(21,27)28)3-4-15(10)22-17;20-10-1-4-13(5-2-10)28-17-6-3-12(9-15(17)21)24-19(25)14-7-11(22)8-16(23)18(14)29-30(24,26)27;16-21(18,19)20-14-9-6-12(7-10-14)8-11-15(17)13-4-2-1-3-5-13;1-17-13-14(10-6-2-3-7-11(10)25(17,20)21)24-26(22,23)18(15(13)19)12-8-4-5-9-16-12;13-23(17,18)21-11-7-3-1-5-9(11)15-16-10-6-2-4-8-12(10)22-24(14,19)20;1-6(11)10-7-2-4-8(5-3-7)14-15(9,12)13/h3-7,26H,2,8-9H2,1H3;1-9H;1-11H;2-9H,1H3;1-8H;2-5H,1H3,(H,10,11)/b;;11-8+;;;/t20-;;;;;/m0...../s1. The van der Waals surface area contributed by atoms with Crippen molar-refractivity contribution >= 4 is 232 Å². The molecule has 0 saturated carbocycles. The Hall–Kier alpha value is -14.2. The average molecular weight is 2450 g/mol. The number of aromatic nitrogens is 3. The maximum Gasteiger partial charge on any atom is 0.488 e. The summed E-state index contributed by atoms with van der Waals surface area (Å²) in [6.07, 6.45) is 4.32. The van der Waals surface area contributed by atoms with E-state index in [0.717, 1.165) is 27.1 Å². The Labute approximate surface area is 869 Å². The molecule has 766 valence electrons. The van der Waals surface area contributed by atoms with Gasteiger partial charge in [-0.2, -0.15) is 67.5 Å². The number of aliphatic hydroxyl groups is 1. The van der Waals surface area contributed by atoms with E-state index in [1.54, 1.807) is 91.9 Å². The molecule has 3 aromatic heterocycles. The molecule has 8 heterocycles. The molecule has 58 heteroatoms. The normalized spacial score (nSPS) is 15.5. The van der Waals surface area contributed by atoms with E-state index in [1.165, 1.54) is 181 Å². The number of halogens is 9. The zero-order valence-electron chi connectivity index (χ0n) is 74.0. The maximum atomic E-state index is 13.1. The van der Waals surface area contributed by atoms with Crippen LogP contribution in [0.25, 0.3) is 34.1 Å². The van der Waals surface area contributed by atoms with Gasteiger partial charge in [0.05, 0.1) is 53.8 Å². The quantitative estimate of drug-likeness (QED) is 0.0128. The highest BCUT2D eigenvalue weighted by atomic mass is 127. The molecule has 0 saturated heterocycles. The SMILES string of the molecule is CC(=O)Nc1ccc(OS(=O)(=O)F)cc1.CC[C@@]1(O)C(=O)OCc2c1cc1n(c2=O)Cc2cc3cc(OS(=O)(=O)F)ccc3nc2-1.CN1C2=C(OS(=O)(=O)N(c3ccccn3)C2=O)c2ccccc2S1(=O)=O.O=C(/C=C/c1ccc(OS(=O)(=O)F)cc1)c1ccccc1.O=C1c2cc(I)cc(I)c2OS(=O)(=O)N1c1ccc(Oc2ccc(Cl)cc2)c(Cl)c1.O=S(=O)(F)Oc1ccccc1N=Nc1ccccc1OS(=O)(=O)F. The summed E-state index contributed by atoms with van der Waals surface area (Å²) in [5.41, 5.74) is 1.36. The molecule has 1 atom stereocenters. The Bertz CT molecular complexity index is 8560. The number of allylic oxidation sites excluding steroid dienone is 1. The van der Waals surface area contributed by atoms with Crippen molar-refractivity contribution in [2.75, 3.05) is 21.0 Å². The number of ketones is 1. The Kier molecular flexibility index (Phi) is 33.4. The zero-order chi connectivity index (χ0) is 107. The second-order valence-electron chi connectivity index (χ2n) is 29.8. The number of fused-ring (bicyclic) bond motifs is 8. The molecule has 0 aliphatic carbocycles. The number of anilines is 3. The van der Waals surface area contributed by atoms with Gasteiger partial charge < -0.3 is 53.7 Å². The predicted molar refractivity (Wildman–Crippen MR) is 533 cm³/mol. The van der Waals surface area contributed by atoms with Crippen molar-refractivity contribution in [2.24, 2.45) is 10.2 Å². The van der Waals surface area contributed by atoms with Gasteiger partial charge in [-0.1, -0.05) is 141 Å². The minimum absolute atomic E-state index is 0.0122. The molecule has 10 aromatic carbocycles. The summed E-state index contributed by atoms with van der Waals surface area (Å²) in [4.78, 5) is 82.0. The van der Waals surface area contributed by atoms with E-state index in [-0.39, 0.29) is 126 Å². The van der Waals surface area contributed by atoms with Crippen LogP contribution in [0.15, 0.2) is 293 Å². The fourth-order valence-electron chi connectivity index (χ4n) is 13.7. The van der Waals surface area contributed by atoms with E-state index < -0.39 is 124 Å². The minimum Gasteiger partial charge on any atom is -0.458 e. The predicted octanol–water partition coefficient (Wildman–Crippen LogP) is 16.3. The number of nitrogens with zero attached hydrogens (tertiary/aromatic N) is 8. The lowest BCUT2D eigenvalue weighted by atomic mass is 9.86. The molecule has 0 radical (unpaired) electrons. The van der Waals surface area contributed by atoms with E-state index in [4.69, 9.17) is 41.0 Å². The van der Waals surface area contributed by atoms with Crippen LogP contribution in [0.2, 0.25) is 10.0 Å². The van der Waals surface area contributed by atoms with Gasteiger partial charge >= 0.3 is 79.1 Å². The number of sulfonamides is 1. The number of pyridine rings is 3. The molecule has 2 N–H and O–H groups in total. The van der Waals surface area contributed by atoms with Crippen molar-refractivity contribution in [2.45, 2.75) is 43.9 Å². The van der Waals surface area contributed by atoms with Gasteiger partial charge in [0.15, 0.2) is 45.9 Å². The molecule has 5 aliphatic heterocycles. The number of nitrogens with one attached hydrogen (secondary N) is 1. The fraction of sp³-hybridized carbons (Fsp3) is 0.0787. The summed E-state index contributed by atoms with van der Waals surface area (Å²) < 4.78 is 289. The number of carbonyl (C=O) groups excluding carboxylic acids is 5. The van der Waals surface area contributed by atoms with Crippen molar-refractivity contribution in [1.82, 2.24) is 18.8 Å². The van der Waals surface area contributed by atoms with E-state index in [2.05, 4.69) is 46.4 Å². The van der Waals surface area contributed by atoms with Crippen LogP contribution >= 0.6 is 68.4 Å². The fourth-order valence-corrected chi connectivity index (χ4v) is 21.5. The van der Waals surface area contributed by atoms with Crippen LogP contribution in [0.5, 0.6) is 46.0 Å². The van der Waals surface area contributed by atoms with Crippen molar-refractivity contribution in [3.05, 3.63) is 339 Å². The average Bonchev–Trinajstić information content (AvgIpc) is 1.51. The van der Waals surface area contributed by atoms with Gasteiger partial charge in [-0.15, -0.1) is 10.2 Å². The van der Waals surface area contributed by atoms with E-state index in [1.807, 2.05) is 51.2 Å². The number of hydrogen-bond acceptors (Lipinski definition) is 36. The van der Waals surface area contributed by atoms with Gasteiger partial charge in [-0.25, -0.2) is 23.2 Å². The number of hydrogen-bond donors (Lipinski definition) is 2. The number of para-hydroxylation sites is 2. The zero-order valence-corrected chi connectivity index (χ0v) is 86.3. The summed E-state index contributed by atoms with van der Waals surface area (Å²) >= 11 is 16.1. The third-order valence-electron chi connectivity index (χ3n) is 20.0. The highest BCUT2D eigenvalue weighted by Gasteiger charge is 2.51. The second-order valence-corrected chi connectivity index (χ2v) is 42.5. The number of benzene rings is 10. The van der Waals surface area contributed by atoms with E-state index in [9.17, 15) is 121 Å². The lowest BCUT2D eigenvalue weighted by molar-refractivity contribution is -0.172. The number of amides is 3. The van der Waals surface area contributed by atoms with Crippen LogP contribution in [-0.2, 0) is 125 Å². The van der Waals surface area contributed by atoms with Crippen LogP contribution in [0.1, 0.15) is 68.8 Å². The van der Waals surface area contributed by atoms with Gasteiger partial charge in [-0.3, -0.25) is 28.3 Å². The van der Waals surface area contributed by atoms with Gasteiger partial charge in [-0.05, 0) is 233 Å². The molecule has 147 heavy (non-hydrogen) atoms. The lowest BCUT2D eigenvalue weighted by Crippen LogP contribution is -2.49. The van der Waals surface area contributed by atoms with Crippen molar-refractivity contribution in [3.8, 4) is 57.4 Å². The molecule has 13 aromatic rings. The number of azo groups is 1. The highest BCUT2D eigenvalue weighted by molar-refractivity contribution is 14.1. The summed E-state index contributed by atoms with van der Waals surface area (Å²) in [7, 11) is -37.6. The summed E-state index contributed by atoms with van der Waals surface area (Å²) in [6, 6.07) is 61.6. The van der Waals surface area contributed by atoms with Gasteiger partial charge in [0, 0.05) is 62.1 Å². The third-order valence-corrected chi connectivity index (χ3v) is 28.1. The molecular formula is C89H62Cl2F5I2N9O32S8. The molecule has 0 fully saturated rings. The van der Waals surface area contributed by atoms with Crippen molar-refractivity contribution in [3.63, 3.8) is 0 Å². The maximum absolute atomic E-state index is 13.1. The number of esters is 1. The van der Waals surface area contributed by atoms with Crippen LogP contribution in [0, 0.1) is 7.14 Å². The van der Waals surface area contributed by atoms with E-state index >= 15 is 0 Å². The Morgan fingerprint density at radius 2 is 1.12 bits per heavy atom. The second kappa shape index (κ2) is 44.6. The lowest BCUT2D eigenvalue weighted by Gasteiger charge is -2.35. The first-order valence-corrected chi connectivity index (χ1v) is 54.3. The molecule has 0 bridgehead atoms. The molecular weight excluding hydrogens is 2380 g/mol. The molecule has 5 aliphatic rings. The summed E-state index contributed by atoms with van der Waals surface area (Å²) in [5.74, 6) is -4.11. The highest BCUT2D eigenvalue weighted by Crippen LogP contribution is 2.46. The van der Waals surface area contributed by atoms with Crippen LogP contribution in [-0.4, -0.2) is 128 Å². The molecule has 41 nitrogen and oxygen atoms in total. The Morgan fingerprint density at radius 3 is 1.69 bits per heavy atom. The first-order valence-electron chi connectivity index (χ1n) is 40.7. The topological polar surface area (TPSA) is 556 Å². The number of carbonyl (C=O) groups is 5. The van der Waals surface area contributed by atoms with Crippen molar-refractivity contribution in [1.29, 1.82) is 0 Å². The van der Waals surface area contributed by atoms with Gasteiger partial charge in [0.25, 0.3) is 27.4 Å². The number of ether oxygens (including phenoxy) is 2. The largest absolute Gasteiger partial charge is 0.488 e. The molecule has 3 amide bonds. The Morgan fingerprint density at radius 1 is 0.578 bits per heavy atom. The monoisotopic (exact) mass is 2440 g/mol. The number of likely N-dealkylation sites (N-methyl/N-ethyl adjacent to an activating group) is 1. The number of rotatable bonds is 21. The minimum atomic E-state index is -5.27. The van der Waals surface area contributed by atoms with Crippen LogP contribution in [0.4, 0.5) is 48.0 Å². The molecule has 0 unspecified atom stereocenters. The van der Waals surface area contributed by atoms with Gasteiger partial charge in [0.1, 0.15) is 46.7 Å². The van der Waals surface area contributed by atoms with Crippen molar-refractivity contribution < 1.29 is 155 Å². The third kappa shape index (κ3) is 27.6. The van der Waals surface area contributed by atoms with Crippen LogP contribution < -0.4 is 49.3 Å². The first-order chi connectivity index (χ1) is 68.9. The smallest absolute Gasteiger partial charge is 0.458 e.